The van der Waals surface area contributed by atoms with Crippen molar-refractivity contribution < 1.29 is 23.9 Å². The van der Waals surface area contributed by atoms with Crippen LogP contribution in [0.15, 0.2) is 60.8 Å². The summed E-state index contributed by atoms with van der Waals surface area (Å²) in [7, 11) is 0. The number of amides is 3. The van der Waals surface area contributed by atoms with Crippen LogP contribution in [0.1, 0.15) is 28.3 Å². The number of ether oxygens (including phenoxy) is 2. The summed E-state index contributed by atoms with van der Waals surface area (Å²) in [6.45, 7) is -0.101. The third kappa shape index (κ3) is 3.06. The van der Waals surface area contributed by atoms with Gasteiger partial charge < -0.3 is 25.0 Å². The van der Waals surface area contributed by atoms with Crippen molar-refractivity contribution in [2.24, 2.45) is 0 Å². The van der Waals surface area contributed by atoms with E-state index in [-0.39, 0.29) is 43.0 Å². The highest BCUT2D eigenvalue weighted by Gasteiger charge is 2.54. The number of carbonyl (C=O) groups is 3. The van der Waals surface area contributed by atoms with E-state index in [1.54, 1.807) is 29.3 Å². The molecule has 1 aliphatic carbocycles. The molecule has 4 heterocycles. The molecule has 2 aromatic carbocycles. The van der Waals surface area contributed by atoms with E-state index < -0.39 is 5.60 Å². The molecule has 1 fully saturated rings. The molecule has 9 nitrogen and oxygen atoms in total. The summed E-state index contributed by atoms with van der Waals surface area (Å²) in [6.07, 6.45) is 2.54. The minimum atomic E-state index is -1.15. The Morgan fingerprint density at radius 2 is 2.03 bits per heavy atom. The number of nitrogens with zero attached hydrogens (tertiary/aromatic N) is 2. The maximum Gasteiger partial charge on any atom is 0.274 e. The van der Waals surface area contributed by atoms with Crippen LogP contribution in [0, 0.1) is 0 Å². The topological polar surface area (TPSA) is 110 Å². The highest BCUT2D eigenvalue weighted by atomic mass is 16.5. The van der Waals surface area contributed by atoms with Crippen LogP contribution in [-0.2, 0) is 37.6 Å². The third-order valence-electron chi connectivity index (χ3n) is 7.45. The number of anilines is 2. The normalized spacial score (nSPS) is 25.1. The molecular weight excluding hydrogens is 460 g/mol. The Bertz CT molecular complexity index is 1460. The molecule has 3 amide bonds. The summed E-state index contributed by atoms with van der Waals surface area (Å²) in [6, 6.07) is 16.6. The Hall–Kier alpha value is -4.24. The van der Waals surface area contributed by atoms with Crippen LogP contribution >= 0.6 is 0 Å². The van der Waals surface area contributed by atoms with Gasteiger partial charge in [-0.05, 0) is 41.5 Å². The van der Waals surface area contributed by atoms with Crippen LogP contribution < -0.4 is 15.4 Å². The van der Waals surface area contributed by atoms with Crippen LogP contribution in [-0.4, -0.2) is 46.9 Å². The Morgan fingerprint density at radius 3 is 2.94 bits per heavy atom. The van der Waals surface area contributed by atoms with Crippen LogP contribution in [0.25, 0.3) is 0 Å². The summed E-state index contributed by atoms with van der Waals surface area (Å²) in [5.41, 5.74) is 3.12. The molecule has 1 spiro atoms. The molecule has 180 valence electrons. The molecule has 4 aliphatic rings. The van der Waals surface area contributed by atoms with Crippen molar-refractivity contribution in [1.29, 1.82) is 0 Å². The zero-order valence-electron chi connectivity index (χ0n) is 19.2. The molecule has 0 saturated carbocycles. The molecule has 1 aromatic heterocycles. The molecule has 1 saturated heterocycles. The zero-order valence-corrected chi connectivity index (χ0v) is 19.2. The predicted molar refractivity (Wildman–Crippen MR) is 128 cm³/mol. The Morgan fingerprint density at radius 1 is 1.14 bits per heavy atom. The van der Waals surface area contributed by atoms with Gasteiger partial charge in [-0.1, -0.05) is 24.3 Å². The largest absolute Gasteiger partial charge is 0.472 e. The first-order valence-electron chi connectivity index (χ1n) is 11.9. The number of rotatable bonds is 3. The number of morpholine rings is 1. The molecule has 0 bridgehead atoms. The van der Waals surface area contributed by atoms with Crippen molar-refractivity contribution in [2.45, 2.75) is 30.6 Å². The van der Waals surface area contributed by atoms with Crippen molar-refractivity contribution in [1.82, 2.24) is 9.88 Å². The molecule has 3 atom stereocenters. The highest BCUT2D eigenvalue weighted by molar-refractivity contribution is 6.05. The fourth-order valence-electron chi connectivity index (χ4n) is 5.84. The molecule has 36 heavy (non-hydrogen) atoms. The van der Waals surface area contributed by atoms with Gasteiger partial charge in [0.2, 0.25) is 17.4 Å². The quantitative estimate of drug-likeness (QED) is 0.593. The molecule has 3 aliphatic heterocycles. The number of nitrogens with one attached hydrogen (secondary N) is 2. The van der Waals surface area contributed by atoms with Gasteiger partial charge in [0.15, 0.2) is 0 Å². The standard InChI is InChI=1S/C27H22N4O5/c32-22(13-31-23(33)14-35-21-11-15-4-1-2-5-18(15)24(21)31)29-17-7-8-20-16(10-17)12-27(36-20)19-6-3-9-28-25(19)30-26(27)34/h1-10,21,24H,11-14H2,(H,29,32)(H,28,30,34). The van der Waals surface area contributed by atoms with Crippen LogP contribution in [0.4, 0.5) is 11.5 Å². The van der Waals surface area contributed by atoms with Crippen molar-refractivity contribution in [3.8, 4) is 5.75 Å². The molecule has 0 radical (unpaired) electrons. The van der Waals surface area contributed by atoms with E-state index in [1.807, 2.05) is 36.4 Å². The second kappa shape index (κ2) is 7.63. The lowest BCUT2D eigenvalue weighted by Crippen LogP contribution is -2.50. The second-order valence-corrected chi connectivity index (χ2v) is 9.55. The van der Waals surface area contributed by atoms with E-state index in [4.69, 9.17) is 9.47 Å². The molecular formula is C27H22N4O5. The highest BCUT2D eigenvalue weighted by Crippen LogP contribution is 2.47. The molecule has 3 aromatic rings. The lowest BCUT2D eigenvalue weighted by Gasteiger charge is -2.37. The number of aromatic nitrogens is 1. The smallest absolute Gasteiger partial charge is 0.274 e. The van der Waals surface area contributed by atoms with E-state index in [0.717, 1.165) is 23.1 Å². The van der Waals surface area contributed by atoms with Gasteiger partial charge in [-0.3, -0.25) is 14.4 Å². The fourth-order valence-corrected chi connectivity index (χ4v) is 5.84. The van der Waals surface area contributed by atoms with Gasteiger partial charge in [-0.15, -0.1) is 0 Å². The molecule has 2 N–H and O–H groups in total. The van der Waals surface area contributed by atoms with Gasteiger partial charge in [-0.25, -0.2) is 4.98 Å². The first-order valence-corrected chi connectivity index (χ1v) is 11.9. The number of carbonyl (C=O) groups excluding carboxylic acids is 3. The van der Waals surface area contributed by atoms with E-state index in [2.05, 4.69) is 15.6 Å². The van der Waals surface area contributed by atoms with Crippen LogP contribution in [0.5, 0.6) is 5.75 Å². The summed E-state index contributed by atoms with van der Waals surface area (Å²) in [4.78, 5) is 44.4. The van der Waals surface area contributed by atoms with Gasteiger partial charge in [0.05, 0.1) is 12.1 Å². The lowest BCUT2D eigenvalue weighted by molar-refractivity contribution is -0.157. The predicted octanol–water partition coefficient (Wildman–Crippen LogP) is 2.33. The van der Waals surface area contributed by atoms with Crippen LogP contribution in [0.2, 0.25) is 0 Å². The summed E-state index contributed by atoms with van der Waals surface area (Å²) >= 11 is 0. The van der Waals surface area contributed by atoms with Gasteiger partial charge in [0.1, 0.15) is 24.7 Å². The lowest BCUT2D eigenvalue weighted by atomic mass is 9.91. The van der Waals surface area contributed by atoms with E-state index in [1.165, 1.54) is 0 Å². The van der Waals surface area contributed by atoms with E-state index in [0.29, 0.717) is 29.2 Å². The first-order chi connectivity index (χ1) is 17.5. The van der Waals surface area contributed by atoms with Crippen molar-refractivity contribution in [2.75, 3.05) is 23.8 Å². The molecule has 7 rings (SSSR count). The third-order valence-corrected chi connectivity index (χ3v) is 7.45. The maximum absolute atomic E-state index is 13.0. The monoisotopic (exact) mass is 482 g/mol. The number of hydrogen-bond acceptors (Lipinski definition) is 6. The maximum atomic E-state index is 13.0. The van der Waals surface area contributed by atoms with Gasteiger partial charge in [-0.2, -0.15) is 0 Å². The van der Waals surface area contributed by atoms with Crippen molar-refractivity contribution in [3.63, 3.8) is 0 Å². The molecule has 9 heteroatoms. The minimum Gasteiger partial charge on any atom is -0.472 e. The van der Waals surface area contributed by atoms with E-state index >= 15 is 0 Å². The average molecular weight is 482 g/mol. The van der Waals surface area contributed by atoms with E-state index in [9.17, 15) is 14.4 Å². The van der Waals surface area contributed by atoms with Crippen molar-refractivity contribution in [3.05, 3.63) is 83.0 Å². The molecule has 3 unspecified atom stereocenters. The fraction of sp³-hybridized carbons (Fsp3) is 0.259. The summed E-state index contributed by atoms with van der Waals surface area (Å²) in [5.74, 6) is 0.344. The van der Waals surface area contributed by atoms with Gasteiger partial charge in [0, 0.05) is 35.9 Å². The SMILES string of the molecule is O=C(CN1C(=O)COC2Cc3ccccc3C21)Nc1ccc2c(c1)CC1(O2)C(=O)Nc2ncccc21. The average Bonchev–Trinajstić information content (AvgIpc) is 3.52. The Labute approximate surface area is 206 Å². The number of hydrogen-bond donors (Lipinski definition) is 2. The minimum absolute atomic E-state index is 0.0287. The van der Waals surface area contributed by atoms with Gasteiger partial charge in [0.25, 0.3) is 5.91 Å². The van der Waals surface area contributed by atoms with Crippen LogP contribution in [0.3, 0.4) is 0 Å². The zero-order chi connectivity index (χ0) is 24.4. The summed E-state index contributed by atoms with van der Waals surface area (Å²) in [5, 5.41) is 5.71. The number of fused-ring (bicyclic) bond motifs is 6. The first kappa shape index (κ1) is 21.1. The second-order valence-electron chi connectivity index (χ2n) is 9.55. The van der Waals surface area contributed by atoms with Gasteiger partial charge >= 0.3 is 0 Å². The number of benzene rings is 2. The Balaban J connectivity index is 1.10. The summed E-state index contributed by atoms with van der Waals surface area (Å²) < 4.78 is 11.9. The Kier molecular flexibility index (Phi) is 4.47. The number of pyridine rings is 1. The van der Waals surface area contributed by atoms with Crippen molar-refractivity contribution >= 4 is 29.2 Å².